The van der Waals surface area contributed by atoms with E-state index in [1.165, 1.54) is 17.8 Å². The van der Waals surface area contributed by atoms with Crippen LogP contribution in [0.5, 0.6) is 0 Å². The summed E-state index contributed by atoms with van der Waals surface area (Å²) in [6.45, 7) is 4.38. The van der Waals surface area contributed by atoms with Crippen LogP contribution >= 0.6 is 11.6 Å². The minimum atomic E-state index is 0.731. The highest BCUT2D eigenvalue weighted by Crippen LogP contribution is 2.20. The van der Waals surface area contributed by atoms with Crippen molar-refractivity contribution in [1.29, 1.82) is 0 Å². The Labute approximate surface area is 106 Å². The molecule has 3 nitrogen and oxygen atoms in total. The molecule has 0 aliphatic carbocycles. The molecular formula is C13H16ClN3. The molecule has 1 N–H and O–H groups in total. The second kappa shape index (κ2) is 4.31. The number of pyridine rings is 1. The van der Waals surface area contributed by atoms with Crippen molar-refractivity contribution in [3.8, 4) is 0 Å². The number of nitrogens with zero attached hydrogens (tertiary/aromatic N) is 2. The highest BCUT2D eigenvalue weighted by atomic mass is 35.5. The average Bonchev–Trinajstić information content (AvgIpc) is 2.91. The van der Waals surface area contributed by atoms with E-state index in [9.17, 15) is 0 Å². The molecule has 0 aromatic carbocycles. The monoisotopic (exact) mass is 249 g/mol. The number of nitrogens with one attached hydrogen (secondary N) is 1. The van der Waals surface area contributed by atoms with Gasteiger partial charge in [0.15, 0.2) is 0 Å². The van der Waals surface area contributed by atoms with Crippen LogP contribution in [0.15, 0.2) is 18.3 Å². The van der Waals surface area contributed by atoms with Crippen LogP contribution in [0, 0.1) is 12.8 Å². The van der Waals surface area contributed by atoms with Crippen molar-refractivity contribution in [2.75, 3.05) is 13.1 Å². The quantitative estimate of drug-likeness (QED) is 0.886. The number of hydrogen-bond donors (Lipinski definition) is 1. The molecule has 1 fully saturated rings. The van der Waals surface area contributed by atoms with Gasteiger partial charge in [-0.2, -0.15) is 0 Å². The van der Waals surface area contributed by atoms with Gasteiger partial charge in [-0.05, 0) is 50.9 Å². The lowest BCUT2D eigenvalue weighted by Gasteiger charge is -2.05. The van der Waals surface area contributed by atoms with E-state index in [2.05, 4.69) is 16.6 Å². The lowest BCUT2D eigenvalue weighted by Crippen LogP contribution is -2.11. The average molecular weight is 250 g/mol. The van der Waals surface area contributed by atoms with E-state index in [1.807, 2.05) is 18.3 Å². The number of aromatic nitrogens is 2. The Kier molecular flexibility index (Phi) is 2.81. The first kappa shape index (κ1) is 11.1. The molecule has 0 bridgehead atoms. The zero-order valence-corrected chi connectivity index (χ0v) is 10.7. The molecule has 2 aromatic heterocycles. The Bertz CT molecular complexity index is 541. The van der Waals surface area contributed by atoms with Crippen molar-refractivity contribution >= 4 is 17.2 Å². The second-order valence-corrected chi connectivity index (χ2v) is 5.22. The molecule has 0 spiro atoms. The van der Waals surface area contributed by atoms with Crippen molar-refractivity contribution in [3.05, 3.63) is 34.7 Å². The van der Waals surface area contributed by atoms with Crippen LogP contribution in [0.3, 0.4) is 0 Å². The fraction of sp³-hybridized carbons (Fsp3) is 0.462. The second-order valence-electron chi connectivity index (χ2n) is 4.78. The predicted molar refractivity (Wildman–Crippen MR) is 69.6 cm³/mol. The summed E-state index contributed by atoms with van der Waals surface area (Å²) in [5.41, 5.74) is 3.42. The fourth-order valence-corrected chi connectivity index (χ4v) is 2.70. The first-order chi connectivity index (χ1) is 8.24. The van der Waals surface area contributed by atoms with Crippen LogP contribution in [-0.4, -0.2) is 22.5 Å². The zero-order valence-electron chi connectivity index (χ0n) is 9.91. The summed E-state index contributed by atoms with van der Waals surface area (Å²) >= 11 is 6.01. The van der Waals surface area contributed by atoms with Gasteiger partial charge >= 0.3 is 0 Å². The summed E-state index contributed by atoms with van der Waals surface area (Å²) in [4.78, 5) is 4.69. The summed E-state index contributed by atoms with van der Waals surface area (Å²) in [5.74, 6) is 0.731. The van der Waals surface area contributed by atoms with Crippen LogP contribution in [-0.2, 0) is 6.42 Å². The van der Waals surface area contributed by atoms with Crippen molar-refractivity contribution in [3.63, 3.8) is 0 Å². The number of aryl methyl sites for hydroxylation is 1. The van der Waals surface area contributed by atoms with Gasteiger partial charge < -0.3 is 9.72 Å². The molecule has 1 aliphatic rings. The SMILES string of the molecule is Cc1c(CC2CCNC2)nc2ccc(Cl)cn12. The van der Waals surface area contributed by atoms with E-state index in [-0.39, 0.29) is 0 Å². The third kappa shape index (κ3) is 2.05. The maximum Gasteiger partial charge on any atom is 0.137 e. The van der Waals surface area contributed by atoms with Crippen LogP contribution in [0.4, 0.5) is 0 Å². The van der Waals surface area contributed by atoms with Crippen molar-refractivity contribution in [2.24, 2.45) is 5.92 Å². The van der Waals surface area contributed by atoms with Crippen molar-refractivity contribution < 1.29 is 0 Å². The molecule has 17 heavy (non-hydrogen) atoms. The molecule has 4 heteroatoms. The van der Waals surface area contributed by atoms with E-state index >= 15 is 0 Å². The van der Waals surface area contributed by atoms with Crippen molar-refractivity contribution in [2.45, 2.75) is 19.8 Å². The molecular weight excluding hydrogens is 234 g/mol. The number of rotatable bonds is 2. The van der Waals surface area contributed by atoms with Crippen molar-refractivity contribution in [1.82, 2.24) is 14.7 Å². The zero-order chi connectivity index (χ0) is 11.8. The molecule has 3 rings (SSSR count). The lowest BCUT2D eigenvalue weighted by molar-refractivity contribution is 0.571. The highest BCUT2D eigenvalue weighted by Gasteiger charge is 2.18. The largest absolute Gasteiger partial charge is 0.316 e. The highest BCUT2D eigenvalue weighted by molar-refractivity contribution is 6.30. The minimum Gasteiger partial charge on any atom is -0.316 e. The molecule has 1 aliphatic heterocycles. The van der Waals surface area contributed by atoms with E-state index in [1.54, 1.807) is 0 Å². The minimum absolute atomic E-state index is 0.731. The Morgan fingerprint density at radius 1 is 1.53 bits per heavy atom. The third-order valence-corrected chi connectivity index (χ3v) is 3.79. The molecule has 3 heterocycles. The van der Waals surface area contributed by atoms with Gasteiger partial charge in [0.2, 0.25) is 0 Å². The van der Waals surface area contributed by atoms with Gasteiger partial charge in [0.25, 0.3) is 0 Å². The van der Waals surface area contributed by atoms with Gasteiger partial charge in [-0.3, -0.25) is 0 Å². The molecule has 2 aromatic rings. The third-order valence-electron chi connectivity index (χ3n) is 3.56. The first-order valence-electron chi connectivity index (χ1n) is 6.08. The van der Waals surface area contributed by atoms with E-state index in [0.29, 0.717) is 0 Å². The molecule has 0 radical (unpaired) electrons. The van der Waals surface area contributed by atoms with Gasteiger partial charge in [-0.25, -0.2) is 4.98 Å². The van der Waals surface area contributed by atoms with E-state index in [0.717, 1.165) is 36.1 Å². The predicted octanol–water partition coefficient (Wildman–Crippen LogP) is 2.45. The maximum atomic E-state index is 6.01. The molecule has 0 saturated carbocycles. The smallest absolute Gasteiger partial charge is 0.137 e. The first-order valence-corrected chi connectivity index (χ1v) is 6.45. The van der Waals surface area contributed by atoms with Crippen LogP contribution in [0.1, 0.15) is 17.8 Å². The fourth-order valence-electron chi connectivity index (χ4n) is 2.54. The van der Waals surface area contributed by atoms with Crippen LogP contribution in [0.25, 0.3) is 5.65 Å². The maximum absolute atomic E-state index is 6.01. The Morgan fingerprint density at radius 2 is 2.41 bits per heavy atom. The number of hydrogen-bond acceptors (Lipinski definition) is 2. The topological polar surface area (TPSA) is 29.3 Å². The van der Waals surface area contributed by atoms with Gasteiger partial charge in [-0.15, -0.1) is 0 Å². The van der Waals surface area contributed by atoms with Gasteiger partial charge in [0.05, 0.1) is 10.7 Å². The Morgan fingerprint density at radius 3 is 3.18 bits per heavy atom. The van der Waals surface area contributed by atoms with E-state index < -0.39 is 0 Å². The molecule has 1 saturated heterocycles. The molecule has 1 atom stereocenters. The summed E-state index contributed by atoms with van der Waals surface area (Å²) in [5, 5.41) is 4.16. The normalized spacial score (nSPS) is 20.2. The van der Waals surface area contributed by atoms with Crippen LogP contribution in [0.2, 0.25) is 5.02 Å². The summed E-state index contributed by atoms with van der Waals surface area (Å²) in [6, 6.07) is 3.87. The van der Waals surface area contributed by atoms with Gasteiger partial charge in [-0.1, -0.05) is 11.6 Å². The lowest BCUT2D eigenvalue weighted by atomic mass is 10.0. The van der Waals surface area contributed by atoms with E-state index in [4.69, 9.17) is 16.6 Å². The molecule has 90 valence electrons. The van der Waals surface area contributed by atoms with Gasteiger partial charge in [0, 0.05) is 11.9 Å². The summed E-state index contributed by atoms with van der Waals surface area (Å²) < 4.78 is 2.08. The van der Waals surface area contributed by atoms with Crippen LogP contribution < -0.4 is 5.32 Å². The standard InChI is InChI=1S/C13H16ClN3/c1-9-12(6-10-4-5-15-7-10)16-13-3-2-11(14)8-17(9)13/h2-3,8,10,15H,4-7H2,1H3. The number of fused-ring (bicyclic) bond motifs is 1. The Hall–Kier alpha value is -1.06. The molecule has 1 unspecified atom stereocenters. The van der Waals surface area contributed by atoms with Gasteiger partial charge in [0.1, 0.15) is 5.65 Å². The Balaban J connectivity index is 1.96. The number of imidazole rings is 1. The molecule has 0 amide bonds. The number of halogens is 1. The summed E-state index contributed by atoms with van der Waals surface area (Å²) in [7, 11) is 0. The summed E-state index contributed by atoms with van der Waals surface area (Å²) in [6.07, 6.45) is 4.27.